The molecule has 2 heterocycles. The van der Waals surface area contributed by atoms with Crippen LogP contribution in [-0.4, -0.2) is 16.0 Å². The summed E-state index contributed by atoms with van der Waals surface area (Å²) in [6.45, 7) is 0.859. The number of thiophene rings is 1. The van der Waals surface area contributed by atoms with Crippen molar-refractivity contribution in [2.75, 3.05) is 10.6 Å². The van der Waals surface area contributed by atoms with E-state index < -0.39 is 0 Å². The average Bonchev–Trinajstić information content (AvgIpc) is 3.02. The second kappa shape index (κ2) is 4.85. The second-order valence-electron chi connectivity index (χ2n) is 4.35. The van der Waals surface area contributed by atoms with Crippen LogP contribution in [0, 0.1) is 0 Å². The van der Waals surface area contributed by atoms with Gasteiger partial charge in [0.25, 0.3) is 0 Å². The van der Waals surface area contributed by atoms with Gasteiger partial charge in [-0.15, -0.1) is 11.3 Å². The number of rotatable bonds is 4. The molecule has 0 spiro atoms. The molecule has 94 valence electrons. The van der Waals surface area contributed by atoms with Gasteiger partial charge < -0.3 is 10.6 Å². The molecular formula is C12H13BrN4S. The predicted molar refractivity (Wildman–Crippen MR) is 77.7 cm³/mol. The van der Waals surface area contributed by atoms with Crippen molar-refractivity contribution in [3.63, 3.8) is 0 Å². The van der Waals surface area contributed by atoms with Gasteiger partial charge >= 0.3 is 0 Å². The molecule has 1 fully saturated rings. The molecule has 2 N–H and O–H groups in total. The second-order valence-corrected chi connectivity index (χ2v) is 6.20. The molecule has 0 aliphatic heterocycles. The highest BCUT2D eigenvalue weighted by Crippen LogP contribution is 2.32. The van der Waals surface area contributed by atoms with Crippen molar-refractivity contribution in [2.45, 2.75) is 25.4 Å². The number of nitrogens with zero attached hydrogens (tertiary/aromatic N) is 3. The summed E-state index contributed by atoms with van der Waals surface area (Å²) in [5, 5.41) is 2.09. The minimum atomic E-state index is 0.503. The lowest BCUT2D eigenvalue weighted by Crippen LogP contribution is -2.27. The predicted octanol–water partition coefficient (Wildman–Crippen LogP) is 3.05. The first-order valence-corrected chi connectivity index (χ1v) is 7.49. The summed E-state index contributed by atoms with van der Waals surface area (Å²) in [6.07, 6.45) is 2.42. The van der Waals surface area contributed by atoms with Crippen molar-refractivity contribution < 1.29 is 0 Å². The van der Waals surface area contributed by atoms with Crippen molar-refractivity contribution in [3.8, 4) is 0 Å². The number of hydrogen-bond acceptors (Lipinski definition) is 5. The maximum absolute atomic E-state index is 5.79. The number of anilines is 2. The first kappa shape index (κ1) is 11.9. The van der Waals surface area contributed by atoms with E-state index in [9.17, 15) is 0 Å². The lowest BCUT2D eigenvalue weighted by Gasteiger charge is -2.21. The van der Waals surface area contributed by atoms with E-state index in [1.807, 2.05) is 0 Å². The Morgan fingerprint density at radius 1 is 1.44 bits per heavy atom. The number of nitrogens with two attached hydrogens (primary N) is 1. The quantitative estimate of drug-likeness (QED) is 0.878. The summed E-state index contributed by atoms with van der Waals surface area (Å²) in [6, 6.07) is 6.49. The number of nitrogen functional groups attached to an aromatic ring is 1. The van der Waals surface area contributed by atoms with E-state index in [-0.39, 0.29) is 0 Å². The highest BCUT2D eigenvalue weighted by molar-refractivity contribution is 9.10. The fraction of sp³-hybridized carbons (Fsp3) is 0.333. The maximum Gasteiger partial charge on any atom is 0.228 e. The number of hydrogen-bond donors (Lipinski definition) is 1. The highest BCUT2D eigenvalue weighted by Gasteiger charge is 2.31. The van der Waals surface area contributed by atoms with Crippen LogP contribution >= 0.6 is 27.3 Å². The van der Waals surface area contributed by atoms with Gasteiger partial charge in [0.1, 0.15) is 10.4 Å². The van der Waals surface area contributed by atoms with Crippen molar-refractivity contribution in [1.29, 1.82) is 0 Å². The Morgan fingerprint density at radius 2 is 2.28 bits per heavy atom. The number of halogens is 1. The van der Waals surface area contributed by atoms with Crippen LogP contribution in [0.15, 0.2) is 28.2 Å². The molecular weight excluding hydrogens is 312 g/mol. The fourth-order valence-corrected chi connectivity index (χ4v) is 2.97. The zero-order chi connectivity index (χ0) is 12.5. The molecule has 3 rings (SSSR count). The average molecular weight is 325 g/mol. The molecule has 1 aliphatic rings. The Hall–Kier alpha value is -1.14. The summed E-state index contributed by atoms with van der Waals surface area (Å²) in [7, 11) is 0. The van der Waals surface area contributed by atoms with E-state index in [0.29, 0.717) is 11.9 Å². The van der Waals surface area contributed by atoms with Gasteiger partial charge in [-0.25, -0.2) is 4.98 Å². The Balaban J connectivity index is 1.89. The molecule has 4 nitrogen and oxygen atoms in total. The van der Waals surface area contributed by atoms with Gasteiger partial charge in [-0.3, -0.25) is 0 Å². The Morgan fingerprint density at radius 3 is 2.89 bits per heavy atom. The molecule has 1 aliphatic carbocycles. The lowest BCUT2D eigenvalue weighted by atomic mass is 10.4. The molecule has 0 aromatic carbocycles. The van der Waals surface area contributed by atoms with E-state index in [4.69, 9.17) is 5.73 Å². The molecule has 0 radical (unpaired) electrons. The summed E-state index contributed by atoms with van der Waals surface area (Å²) < 4.78 is 0.738. The molecule has 1 saturated carbocycles. The normalized spacial score (nSPS) is 14.7. The van der Waals surface area contributed by atoms with E-state index in [0.717, 1.165) is 17.1 Å². The van der Waals surface area contributed by atoms with E-state index in [1.165, 1.54) is 17.7 Å². The standard InChI is InChI=1S/C12H13BrN4S/c13-10-6-11(14)16-12(15-10)17(8-3-4-8)7-9-2-1-5-18-9/h1-2,5-6,8H,3-4,7H2,(H2,14,15,16). The smallest absolute Gasteiger partial charge is 0.228 e. The monoisotopic (exact) mass is 324 g/mol. The highest BCUT2D eigenvalue weighted by atomic mass is 79.9. The van der Waals surface area contributed by atoms with Crippen molar-refractivity contribution in [2.24, 2.45) is 0 Å². The van der Waals surface area contributed by atoms with Crippen LogP contribution in [-0.2, 0) is 6.54 Å². The fourth-order valence-electron chi connectivity index (χ4n) is 1.87. The zero-order valence-electron chi connectivity index (χ0n) is 9.71. The molecule has 0 bridgehead atoms. The van der Waals surface area contributed by atoms with E-state index >= 15 is 0 Å². The third-order valence-electron chi connectivity index (χ3n) is 2.85. The van der Waals surface area contributed by atoms with E-state index in [1.54, 1.807) is 17.4 Å². The molecule has 0 unspecified atom stereocenters. The van der Waals surface area contributed by atoms with Crippen LogP contribution < -0.4 is 10.6 Å². The topological polar surface area (TPSA) is 55.0 Å². The number of aromatic nitrogens is 2. The van der Waals surface area contributed by atoms with Gasteiger partial charge in [0.05, 0.1) is 6.54 Å². The van der Waals surface area contributed by atoms with Crippen LogP contribution in [0.25, 0.3) is 0 Å². The molecule has 0 saturated heterocycles. The van der Waals surface area contributed by atoms with Crippen LogP contribution in [0.4, 0.5) is 11.8 Å². The Kier molecular flexibility index (Phi) is 3.22. The summed E-state index contributed by atoms with van der Waals surface area (Å²) in [5.74, 6) is 1.22. The molecule has 18 heavy (non-hydrogen) atoms. The van der Waals surface area contributed by atoms with Crippen molar-refractivity contribution >= 4 is 39.0 Å². The van der Waals surface area contributed by atoms with Crippen LogP contribution in [0.2, 0.25) is 0 Å². The molecule has 2 aromatic rings. The summed E-state index contributed by atoms with van der Waals surface area (Å²) in [4.78, 5) is 12.3. The first-order chi connectivity index (χ1) is 8.72. The molecule has 2 aromatic heterocycles. The largest absolute Gasteiger partial charge is 0.383 e. The lowest BCUT2D eigenvalue weighted by molar-refractivity contribution is 0.765. The third kappa shape index (κ3) is 2.64. The maximum atomic E-state index is 5.79. The molecule has 0 atom stereocenters. The first-order valence-electron chi connectivity index (χ1n) is 5.81. The minimum Gasteiger partial charge on any atom is -0.383 e. The van der Waals surface area contributed by atoms with Gasteiger partial charge in [0.2, 0.25) is 5.95 Å². The van der Waals surface area contributed by atoms with Gasteiger partial charge in [0.15, 0.2) is 0 Å². The molecule has 6 heteroatoms. The summed E-state index contributed by atoms with van der Waals surface area (Å²) in [5.41, 5.74) is 5.79. The van der Waals surface area contributed by atoms with Gasteiger partial charge in [-0.2, -0.15) is 4.98 Å². The van der Waals surface area contributed by atoms with Gasteiger partial charge in [-0.05, 0) is 40.2 Å². The van der Waals surface area contributed by atoms with Crippen LogP contribution in [0.3, 0.4) is 0 Å². The zero-order valence-corrected chi connectivity index (χ0v) is 12.1. The Bertz CT molecular complexity index is 519. The summed E-state index contributed by atoms with van der Waals surface area (Å²) >= 11 is 5.13. The van der Waals surface area contributed by atoms with Crippen molar-refractivity contribution in [1.82, 2.24) is 9.97 Å². The molecule has 0 amide bonds. The van der Waals surface area contributed by atoms with Crippen LogP contribution in [0.5, 0.6) is 0 Å². The van der Waals surface area contributed by atoms with Gasteiger partial charge in [0, 0.05) is 17.0 Å². The van der Waals surface area contributed by atoms with Crippen molar-refractivity contribution in [3.05, 3.63) is 33.1 Å². The third-order valence-corrected chi connectivity index (χ3v) is 4.12. The van der Waals surface area contributed by atoms with E-state index in [2.05, 4.69) is 48.3 Å². The SMILES string of the molecule is Nc1cc(Br)nc(N(Cc2cccs2)C2CC2)n1. The van der Waals surface area contributed by atoms with Crippen LogP contribution in [0.1, 0.15) is 17.7 Å². The van der Waals surface area contributed by atoms with Gasteiger partial charge in [-0.1, -0.05) is 6.07 Å². The minimum absolute atomic E-state index is 0.503. The Labute approximate surface area is 118 Å².